The topological polar surface area (TPSA) is 50.5 Å². The first kappa shape index (κ1) is 16.6. The van der Waals surface area contributed by atoms with Gasteiger partial charge in [0.25, 0.3) is 0 Å². The minimum absolute atomic E-state index is 0.214. The molecule has 3 aliphatic rings. The molecular weight excluding hydrogens is 302 g/mol. The highest BCUT2D eigenvalue weighted by Crippen LogP contribution is 2.36. The van der Waals surface area contributed by atoms with Gasteiger partial charge in [0.2, 0.25) is 0 Å². The first-order chi connectivity index (χ1) is 11.6. The second-order valence-corrected chi connectivity index (χ2v) is 8.19. The Hall–Kier alpha value is -0.910. The van der Waals surface area contributed by atoms with Gasteiger partial charge in [-0.15, -0.1) is 0 Å². The average Bonchev–Trinajstić information content (AvgIpc) is 3.28. The minimum Gasteiger partial charge on any atom is -0.390 e. The number of aliphatic hydroxyl groups is 1. The summed E-state index contributed by atoms with van der Waals surface area (Å²) < 4.78 is 7.88. The van der Waals surface area contributed by atoms with Crippen LogP contribution in [0.3, 0.4) is 0 Å². The summed E-state index contributed by atoms with van der Waals surface area (Å²) in [4.78, 5) is 2.52. The Labute approximate surface area is 145 Å². The van der Waals surface area contributed by atoms with Crippen molar-refractivity contribution in [2.45, 2.75) is 76.1 Å². The van der Waals surface area contributed by atoms with Crippen LogP contribution >= 0.6 is 0 Å². The van der Waals surface area contributed by atoms with E-state index in [-0.39, 0.29) is 5.92 Å². The van der Waals surface area contributed by atoms with E-state index in [0.717, 1.165) is 25.9 Å². The molecule has 0 aromatic carbocycles. The molecule has 1 aromatic rings. The van der Waals surface area contributed by atoms with E-state index in [9.17, 15) is 5.11 Å². The summed E-state index contributed by atoms with van der Waals surface area (Å²) >= 11 is 0. The highest BCUT2D eigenvalue weighted by atomic mass is 16.5. The Morgan fingerprint density at radius 2 is 2.12 bits per heavy atom. The van der Waals surface area contributed by atoms with Gasteiger partial charge in [-0.1, -0.05) is 12.8 Å². The van der Waals surface area contributed by atoms with Gasteiger partial charge in [0.05, 0.1) is 23.9 Å². The van der Waals surface area contributed by atoms with Gasteiger partial charge >= 0.3 is 0 Å². The van der Waals surface area contributed by atoms with Crippen molar-refractivity contribution in [3.8, 4) is 0 Å². The molecule has 4 rings (SSSR count). The monoisotopic (exact) mass is 333 g/mol. The number of aromatic nitrogens is 2. The minimum atomic E-state index is -0.602. The summed E-state index contributed by atoms with van der Waals surface area (Å²) in [6.07, 6.45) is 10.5. The molecule has 0 spiro atoms. The number of hydrogen-bond donors (Lipinski definition) is 1. The summed E-state index contributed by atoms with van der Waals surface area (Å²) in [5.41, 5.74) is 0.569. The second kappa shape index (κ2) is 6.77. The van der Waals surface area contributed by atoms with Crippen molar-refractivity contribution in [1.82, 2.24) is 14.7 Å². The van der Waals surface area contributed by atoms with Gasteiger partial charge in [-0.25, -0.2) is 0 Å². The van der Waals surface area contributed by atoms with Gasteiger partial charge in [-0.05, 0) is 51.6 Å². The molecule has 1 N–H and O–H groups in total. The molecule has 0 bridgehead atoms. The third kappa shape index (κ3) is 3.26. The van der Waals surface area contributed by atoms with E-state index in [4.69, 9.17) is 9.84 Å². The van der Waals surface area contributed by atoms with Crippen molar-refractivity contribution in [3.63, 3.8) is 0 Å². The third-order valence-corrected chi connectivity index (χ3v) is 6.45. The quantitative estimate of drug-likeness (QED) is 0.920. The summed E-state index contributed by atoms with van der Waals surface area (Å²) in [5.74, 6) is 0.214. The van der Waals surface area contributed by atoms with Gasteiger partial charge in [0.1, 0.15) is 0 Å². The summed E-state index contributed by atoms with van der Waals surface area (Å²) in [6, 6.07) is 3.21. The first-order valence-corrected chi connectivity index (χ1v) is 9.72. The number of ether oxygens (including phenoxy) is 1. The summed E-state index contributed by atoms with van der Waals surface area (Å²) in [5, 5.41) is 15.7. The van der Waals surface area contributed by atoms with Crippen LogP contribution in [-0.2, 0) is 11.3 Å². The molecule has 1 saturated carbocycles. The van der Waals surface area contributed by atoms with Crippen LogP contribution in [0, 0.1) is 5.92 Å². The Balaban J connectivity index is 1.43. The van der Waals surface area contributed by atoms with Crippen molar-refractivity contribution in [2.24, 2.45) is 5.92 Å². The van der Waals surface area contributed by atoms with E-state index in [0.29, 0.717) is 25.3 Å². The molecule has 1 aliphatic carbocycles. The molecule has 5 nitrogen and oxygen atoms in total. The molecule has 0 radical (unpaired) electrons. The molecule has 3 atom stereocenters. The number of likely N-dealkylation sites (tertiary alicyclic amines) is 1. The Bertz CT molecular complexity index is 551. The standard InChI is InChI=1S/C19H31N3O2/c1-19(23)9-12-24-14-17(19)18-7-4-10-21(18)13-15-8-11-22(20-15)16-5-2-3-6-16/h8,11,16-18,23H,2-7,9-10,12-14H2,1H3. The van der Waals surface area contributed by atoms with Crippen LogP contribution in [0.25, 0.3) is 0 Å². The lowest BCUT2D eigenvalue weighted by Crippen LogP contribution is -2.52. The highest BCUT2D eigenvalue weighted by Gasteiger charge is 2.44. The van der Waals surface area contributed by atoms with Gasteiger partial charge in [0.15, 0.2) is 0 Å². The van der Waals surface area contributed by atoms with Crippen LogP contribution < -0.4 is 0 Å². The fraction of sp³-hybridized carbons (Fsp3) is 0.842. The molecule has 24 heavy (non-hydrogen) atoms. The molecule has 1 aromatic heterocycles. The van der Waals surface area contributed by atoms with Crippen molar-refractivity contribution < 1.29 is 9.84 Å². The maximum Gasteiger partial charge on any atom is 0.0765 e. The van der Waals surface area contributed by atoms with Gasteiger partial charge in [-0.3, -0.25) is 9.58 Å². The highest BCUT2D eigenvalue weighted by molar-refractivity contribution is 5.03. The zero-order valence-corrected chi connectivity index (χ0v) is 14.9. The average molecular weight is 333 g/mol. The predicted octanol–water partition coefficient (Wildman–Crippen LogP) is 2.75. The lowest BCUT2D eigenvalue weighted by atomic mass is 9.79. The molecule has 2 aliphatic heterocycles. The maximum absolute atomic E-state index is 10.8. The molecule has 134 valence electrons. The molecule has 5 heteroatoms. The number of hydrogen-bond acceptors (Lipinski definition) is 4. The fourth-order valence-corrected chi connectivity index (χ4v) is 4.93. The summed E-state index contributed by atoms with van der Waals surface area (Å²) in [6.45, 7) is 5.36. The van der Waals surface area contributed by atoms with E-state index in [1.807, 2.05) is 6.92 Å². The van der Waals surface area contributed by atoms with Gasteiger partial charge in [-0.2, -0.15) is 5.10 Å². The van der Waals surface area contributed by atoms with Crippen LogP contribution in [-0.4, -0.2) is 51.2 Å². The normalized spacial score (nSPS) is 35.8. The van der Waals surface area contributed by atoms with Crippen LogP contribution in [0.15, 0.2) is 12.3 Å². The zero-order chi connectivity index (χ0) is 16.6. The Morgan fingerprint density at radius 1 is 1.29 bits per heavy atom. The number of nitrogens with zero attached hydrogens (tertiary/aromatic N) is 3. The lowest BCUT2D eigenvalue weighted by Gasteiger charge is -2.43. The summed E-state index contributed by atoms with van der Waals surface area (Å²) in [7, 11) is 0. The largest absolute Gasteiger partial charge is 0.390 e. The SMILES string of the molecule is CC1(O)CCOCC1C1CCCN1Cc1ccn(C2CCCC2)n1. The van der Waals surface area contributed by atoms with Crippen molar-refractivity contribution >= 4 is 0 Å². The van der Waals surface area contributed by atoms with E-state index < -0.39 is 5.60 Å². The van der Waals surface area contributed by atoms with Crippen LogP contribution in [0.2, 0.25) is 0 Å². The van der Waals surface area contributed by atoms with E-state index >= 15 is 0 Å². The predicted molar refractivity (Wildman–Crippen MR) is 92.7 cm³/mol. The Morgan fingerprint density at radius 3 is 2.92 bits per heavy atom. The molecular formula is C19H31N3O2. The van der Waals surface area contributed by atoms with Crippen molar-refractivity contribution in [2.75, 3.05) is 19.8 Å². The van der Waals surface area contributed by atoms with Gasteiger partial charge < -0.3 is 9.84 Å². The van der Waals surface area contributed by atoms with Gasteiger partial charge in [0, 0.05) is 31.3 Å². The van der Waals surface area contributed by atoms with Crippen molar-refractivity contribution in [3.05, 3.63) is 18.0 Å². The van der Waals surface area contributed by atoms with Crippen molar-refractivity contribution in [1.29, 1.82) is 0 Å². The molecule has 0 amide bonds. The molecule has 3 heterocycles. The fourth-order valence-electron chi connectivity index (χ4n) is 4.93. The van der Waals surface area contributed by atoms with Crippen LogP contribution in [0.4, 0.5) is 0 Å². The van der Waals surface area contributed by atoms with Crippen LogP contribution in [0.5, 0.6) is 0 Å². The number of rotatable bonds is 4. The smallest absolute Gasteiger partial charge is 0.0765 e. The lowest BCUT2D eigenvalue weighted by molar-refractivity contribution is -0.123. The van der Waals surface area contributed by atoms with Crippen LogP contribution in [0.1, 0.15) is 63.6 Å². The van der Waals surface area contributed by atoms with E-state index in [2.05, 4.69) is 21.8 Å². The molecule has 3 unspecified atom stereocenters. The third-order valence-electron chi connectivity index (χ3n) is 6.45. The van der Waals surface area contributed by atoms with E-state index in [1.54, 1.807) is 0 Å². The van der Waals surface area contributed by atoms with E-state index in [1.165, 1.54) is 37.8 Å². The molecule has 3 fully saturated rings. The molecule has 2 saturated heterocycles. The second-order valence-electron chi connectivity index (χ2n) is 8.19. The zero-order valence-electron chi connectivity index (χ0n) is 14.9. The maximum atomic E-state index is 10.8. The Kier molecular flexibility index (Phi) is 4.67. The first-order valence-electron chi connectivity index (χ1n) is 9.72.